The summed E-state index contributed by atoms with van der Waals surface area (Å²) < 4.78 is 78.2. The van der Waals surface area contributed by atoms with E-state index in [1.807, 2.05) is 62.4 Å². The Hall–Kier alpha value is -6.01. The van der Waals surface area contributed by atoms with Gasteiger partial charge >= 0.3 is 0 Å². The molecule has 3 unspecified atom stereocenters. The van der Waals surface area contributed by atoms with Crippen LogP contribution in [0.2, 0.25) is 0 Å². The summed E-state index contributed by atoms with van der Waals surface area (Å²) in [5, 5.41) is 15.7. The number of carbonyl (C=O) groups excluding carboxylic acids is 1. The predicted molar refractivity (Wildman–Crippen MR) is 237 cm³/mol. The summed E-state index contributed by atoms with van der Waals surface area (Å²) in [6.45, 7) is 8.71. The Labute approximate surface area is 375 Å². The van der Waals surface area contributed by atoms with E-state index in [2.05, 4.69) is 24.9 Å². The summed E-state index contributed by atoms with van der Waals surface area (Å²) in [5.74, 6) is -2.92. The van der Waals surface area contributed by atoms with Crippen LogP contribution in [0.5, 0.6) is 5.75 Å². The molecule has 3 fully saturated rings. The molecule has 0 saturated carbocycles. The van der Waals surface area contributed by atoms with Crippen molar-refractivity contribution in [3.8, 4) is 5.75 Å². The van der Waals surface area contributed by atoms with Gasteiger partial charge in [0.15, 0.2) is 17.9 Å². The van der Waals surface area contributed by atoms with Crippen LogP contribution in [0, 0.1) is 23.3 Å². The van der Waals surface area contributed by atoms with Gasteiger partial charge in [0.25, 0.3) is 5.24 Å². The summed E-state index contributed by atoms with van der Waals surface area (Å²) in [6, 6.07) is 25.7. The van der Waals surface area contributed by atoms with Gasteiger partial charge < -0.3 is 34.0 Å². The van der Waals surface area contributed by atoms with Crippen molar-refractivity contribution in [3.63, 3.8) is 0 Å². The van der Waals surface area contributed by atoms with Crippen molar-refractivity contribution in [1.82, 2.24) is 24.6 Å². The van der Waals surface area contributed by atoms with E-state index in [0.29, 0.717) is 34.2 Å². The molecule has 1 amide bonds. The summed E-state index contributed by atoms with van der Waals surface area (Å²) in [4.78, 5) is 30.3. The van der Waals surface area contributed by atoms with E-state index in [9.17, 15) is 18.7 Å². The van der Waals surface area contributed by atoms with Crippen LogP contribution in [0.3, 0.4) is 0 Å². The zero-order valence-corrected chi connectivity index (χ0v) is 36.9. The number of pyridine rings is 1. The molecule has 5 atom stereocenters. The Morgan fingerprint density at radius 3 is 2.11 bits per heavy atom. The van der Waals surface area contributed by atoms with Crippen LogP contribution >= 0.6 is 10.0 Å². The zero-order chi connectivity index (χ0) is 45.5. The molecule has 5 heterocycles. The van der Waals surface area contributed by atoms with Gasteiger partial charge in [0.1, 0.15) is 47.8 Å². The average molecular weight is 912 g/mol. The molecule has 3 aliphatic rings. The van der Waals surface area contributed by atoms with Gasteiger partial charge in [-0.05, 0) is 111 Å². The minimum atomic E-state index is -2.88. The van der Waals surface area contributed by atoms with Crippen molar-refractivity contribution in [1.29, 1.82) is 0 Å². The predicted octanol–water partition coefficient (Wildman–Crippen LogP) is 8.25. The van der Waals surface area contributed by atoms with Gasteiger partial charge in [-0.2, -0.15) is 5.10 Å². The molecule has 0 spiro atoms. The average Bonchev–Trinajstić information content (AvgIpc) is 4.06. The number of ether oxygens (including phenoxy) is 3. The summed E-state index contributed by atoms with van der Waals surface area (Å²) in [7, 11) is -2.88. The van der Waals surface area contributed by atoms with Crippen LogP contribution in [0.1, 0.15) is 31.9 Å². The van der Waals surface area contributed by atoms with Crippen molar-refractivity contribution >= 4 is 26.6 Å². The normalized spacial score (nSPS) is 24.3. The lowest BCUT2D eigenvalue weighted by molar-refractivity contribution is -0.117. The van der Waals surface area contributed by atoms with E-state index in [1.165, 1.54) is 35.5 Å². The van der Waals surface area contributed by atoms with Gasteiger partial charge in [-0.1, -0.05) is 16.1 Å². The first kappa shape index (κ1) is 44.2. The molecule has 17 heteroatoms. The second-order valence-electron chi connectivity index (χ2n) is 17.0. The molecule has 2 aromatic heterocycles. The second kappa shape index (κ2) is 17.8. The first-order chi connectivity index (χ1) is 31.3. The Balaban J connectivity index is 0.878. The molecule has 1 N–H and O–H groups in total. The molecule has 0 radical (unpaired) electrons. The summed E-state index contributed by atoms with van der Waals surface area (Å²) >= 11 is 0. The van der Waals surface area contributed by atoms with Gasteiger partial charge in [-0.25, -0.2) is 27.2 Å². The van der Waals surface area contributed by atoms with Gasteiger partial charge in [0, 0.05) is 84.0 Å². The first-order valence-electron chi connectivity index (χ1n) is 21.4. The topological polar surface area (TPSA) is 118 Å². The van der Waals surface area contributed by atoms with Crippen LogP contribution in [0.25, 0.3) is 0 Å². The first-order valence-corrected chi connectivity index (χ1v) is 23.1. The van der Waals surface area contributed by atoms with Crippen LogP contribution in [-0.2, 0) is 27.2 Å². The van der Waals surface area contributed by atoms with Crippen molar-refractivity contribution in [3.05, 3.63) is 157 Å². The molecule has 4 aromatic carbocycles. The molecule has 0 bridgehead atoms. The van der Waals surface area contributed by atoms with Crippen LogP contribution in [0.15, 0.2) is 132 Å². The van der Waals surface area contributed by atoms with Gasteiger partial charge in [0.2, 0.25) is 0 Å². The summed E-state index contributed by atoms with van der Waals surface area (Å²) in [5.41, 5.74) is -0.139. The van der Waals surface area contributed by atoms with E-state index in [4.69, 9.17) is 14.2 Å². The molecule has 340 valence electrons. The maximum Gasteiger partial charge on any atom is 0.273 e. The molecule has 3 aliphatic heterocycles. The fraction of sp³-hybridized carbons (Fsp3) is 0.333. The highest BCUT2D eigenvalue weighted by Gasteiger charge is 2.59. The number of hydrogen-bond donors (Lipinski definition) is 1. The third-order valence-electron chi connectivity index (χ3n) is 12.7. The lowest BCUT2D eigenvalue weighted by atomic mass is 9.92. The minimum Gasteiger partial charge on any atom is -0.488 e. The number of benzene rings is 4. The Kier molecular flexibility index (Phi) is 12.1. The number of halogens is 4. The second-order valence-corrected chi connectivity index (χ2v) is 20.1. The fourth-order valence-corrected chi connectivity index (χ4v) is 13.8. The number of nitrogens with zero attached hydrogens (tertiary/aromatic N) is 7. The highest BCUT2D eigenvalue weighted by atomic mass is 32.3. The number of rotatable bonds is 13. The lowest BCUT2D eigenvalue weighted by Gasteiger charge is -2.45. The smallest absolute Gasteiger partial charge is 0.273 e. The molecule has 9 rings (SSSR count). The van der Waals surface area contributed by atoms with E-state index in [1.54, 1.807) is 36.4 Å². The molecule has 12 nitrogen and oxygen atoms in total. The number of hydrogen-bond acceptors (Lipinski definition) is 10. The third-order valence-corrected chi connectivity index (χ3v) is 16.9. The molecular formula is C48H49F4N7O5S. The number of aromatic nitrogens is 4. The van der Waals surface area contributed by atoms with Crippen LogP contribution in [-0.4, -0.2) is 98.5 Å². The van der Waals surface area contributed by atoms with Gasteiger partial charge in [-0.15, -0.1) is 0 Å². The van der Waals surface area contributed by atoms with Crippen molar-refractivity contribution in [2.45, 2.75) is 65.9 Å². The number of amides is 1. The monoisotopic (exact) mass is 911 g/mol. The number of anilines is 2. The van der Waals surface area contributed by atoms with E-state index in [0.717, 1.165) is 42.7 Å². The molecule has 0 aliphatic carbocycles. The Bertz CT molecular complexity index is 2620. The standard InChI is InChI=1S/C48H49F4N7O5S/c1-32(2)59-26-44(47(3,61)33-16-18-53-19-17-33)65(46(59)60,39-13-15-41(50)43(52)25-39)38-11-7-36(8-12-38)57-22-20-56(21-23-57)35-5-9-37(10-6-35)62-27-45-63-29-48(64-45,28-58-31-54-30-55-58)40-14-4-34(49)24-42(40)51/h4-19,24-25,30-32,44-45,61H,20-23,26-29H2,1-3H3/t44?,45-,47?,48+/m0/s1. The van der Waals surface area contributed by atoms with Gasteiger partial charge in [-0.3, -0.25) is 9.78 Å². The quantitative estimate of drug-likeness (QED) is 0.114. The highest BCUT2D eigenvalue weighted by molar-refractivity contribution is 8.46. The highest BCUT2D eigenvalue weighted by Crippen LogP contribution is 2.73. The maximum absolute atomic E-state index is 15.2. The zero-order valence-electron chi connectivity index (χ0n) is 36.1. The SMILES string of the molecule is CC(C)N1CC(C(C)(O)c2ccncc2)S(c2ccc(N3CCN(c4ccc(OC[C@H]5OC[C@](Cn6cncn6)(c6ccc(F)cc6F)O5)cc4)CC3)cc2)(c2ccc(F)c(F)c2)C1=O. The van der Waals surface area contributed by atoms with E-state index < -0.39 is 56.0 Å². The minimum absolute atomic E-state index is 0.00901. The Morgan fingerprint density at radius 1 is 0.831 bits per heavy atom. The molecule has 6 aromatic rings. The van der Waals surface area contributed by atoms with Gasteiger partial charge in [0.05, 0.1) is 18.4 Å². The largest absolute Gasteiger partial charge is 0.488 e. The van der Waals surface area contributed by atoms with Crippen molar-refractivity contribution in [2.24, 2.45) is 0 Å². The van der Waals surface area contributed by atoms with Crippen molar-refractivity contribution in [2.75, 3.05) is 55.7 Å². The lowest BCUT2D eigenvalue weighted by Crippen LogP contribution is -2.46. The number of aliphatic hydroxyl groups is 1. The van der Waals surface area contributed by atoms with Crippen LogP contribution < -0.4 is 14.5 Å². The van der Waals surface area contributed by atoms with E-state index >= 15 is 8.78 Å². The number of carbonyl (C=O) groups is 1. The van der Waals surface area contributed by atoms with Crippen LogP contribution in [0.4, 0.5) is 33.7 Å². The van der Waals surface area contributed by atoms with Crippen molar-refractivity contribution < 1.29 is 41.7 Å². The maximum atomic E-state index is 15.2. The fourth-order valence-electron chi connectivity index (χ4n) is 9.22. The Morgan fingerprint density at radius 2 is 1.49 bits per heavy atom. The molecule has 3 saturated heterocycles. The van der Waals surface area contributed by atoms with E-state index in [-0.39, 0.29) is 43.1 Å². The summed E-state index contributed by atoms with van der Waals surface area (Å²) in [6.07, 6.45) is 5.20. The molecular weight excluding hydrogens is 863 g/mol. The third kappa shape index (κ3) is 8.30. The number of piperazine rings is 1. The molecule has 65 heavy (non-hydrogen) atoms.